The third kappa shape index (κ3) is 11.7. The van der Waals surface area contributed by atoms with Crippen LogP contribution in [0.1, 0.15) is 64.2 Å². The Balaban J connectivity index is 1.61. The zero-order valence-electron chi connectivity index (χ0n) is 28.9. The standard InChI is InChI=1S/C37H51N2O5PS2/c1-29(2)39(30(3)4)45(44-27-24-38-6)43-26-23-31(5)47-46-28-12-25-42-37(32-13-10-9-11-14-32,33-15-19-35(40-7)20-16-33)34-17-21-36(41-8)22-18-34/h9-11,13-22,29-31H,12,23-28H2,1-5,7-8H3. The number of hydrogen-bond donors (Lipinski definition) is 0. The largest absolute Gasteiger partial charge is 0.497 e. The quantitative estimate of drug-likeness (QED) is 0.0338. The Morgan fingerprint density at radius 1 is 0.745 bits per heavy atom. The lowest BCUT2D eigenvalue weighted by atomic mass is 9.80. The maximum atomic E-state index is 7.08. The summed E-state index contributed by atoms with van der Waals surface area (Å²) in [5.74, 6) is 2.58. The van der Waals surface area contributed by atoms with Crippen LogP contribution in [-0.4, -0.2) is 68.3 Å². The van der Waals surface area contributed by atoms with Crippen molar-refractivity contribution >= 4 is 30.1 Å². The van der Waals surface area contributed by atoms with Crippen molar-refractivity contribution in [3.05, 3.63) is 107 Å². The lowest BCUT2D eigenvalue weighted by Crippen LogP contribution is -2.34. The summed E-state index contributed by atoms with van der Waals surface area (Å²) in [5.41, 5.74) is 2.35. The molecular weight excluding hydrogens is 648 g/mol. The van der Waals surface area contributed by atoms with Crippen LogP contribution in [-0.2, 0) is 19.4 Å². The normalized spacial score (nSPS) is 13.1. The van der Waals surface area contributed by atoms with E-state index in [0.717, 1.165) is 46.8 Å². The van der Waals surface area contributed by atoms with Crippen molar-refractivity contribution in [1.82, 2.24) is 4.67 Å². The maximum absolute atomic E-state index is 7.08. The van der Waals surface area contributed by atoms with Crippen LogP contribution in [0.15, 0.2) is 78.9 Å². The molecule has 0 amide bonds. The highest BCUT2D eigenvalue weighted by atomic mass is 33.1. The molecule has 3 aromatic carbocycles. The van der Waals surface area contributed by atoms with Crippen LogP contribution in [0.5, 0.6) is 11.5 Å². The molecule has 0 fully saturated rings. The van der Waals surface area contributed by atoms with Gasteiger partial charge in [-0.1, -0.05) is 83.1 Å². The maximum Gasteiger partial charge on any atom is 0.259 e. The van der Waals surface area contributed by atoms with E-state index in [4.69, 9.17) is 29.8 Å². The number of nitrogens with zero attached hydrogens (tertiary/aromatic N) is 2. The number of ether oxygens (including phenoxy) is 3. The highest BCUT2D eigenvalue weighted by molar-refractivity contribution is 8.76. The van der Waals surface area contributed by atoms with Gasteiger partial charge in [0.2, 0.25) is 6.54 Å². The molecule has 3 aromatic rings. The lowest BCUT2D eigenvalue weighted by molar-refractivity contribution is 0.0137. The first kappa shape index (κ1) is 39.2. The molecule has 47 heavy (non-hydrogen) atoms. The summed E-state index contributed by atoms with van der Waals surface area (Å²) in [6, 6.07) is 27.3. The number of benzene rings is 3. The molecule has 0 aliphatic carbocycles. The average Bonchev–Trinajstić information content (AvgIpc) is 3.08. The van der Waals surface area contributed by atoms with Gasteiger partial charge in [-0.3, -0.25) is 0 Å². The molecule has 2 unspecified atom stereocenters. The van der Waals surface area contributed by atoms with Crippen molar-refractivity contribution in [3.8, 4) is 11.5 Å². The third-order valence-corrected chi connectivity index (χ3v) is 12.6. The Morgan fingerprint density at radius 3 is 1.79 bits per heavy atom. The van der Waals surface area contributed by atoms with Gasteiger partial charge in [-0.2, -0.15) is 0 Å². The Bertz CT molecular complexity index is 1270. The van der Waals surface area contributed by atoms with Crippen molar-refractivity contribution < 1.29 is 23.3 Å². The Hall–Kier alpha value is -2.28. The molecule has 7 nitrogen and oxygen atoms in total. The van der Waals surface area contributed by atoms with E-state index in [1.165, 1.54) is 0 Å². The Labute approximate surface area is 292 Å². The first-order valence-corrected chi connectivity index (χ1v) is 19.7. The first-order valence-electron chi connectivity index (χ1n) is 16.2. The van der Waals surface area contributed by atoms with Crippen LogP contribution in [0.2, 0.25) is 0 Å². The van der Waals surface area contributed by atoms with Crippen molar-refractivity contribution in [2.45, 2.75) is 70.4 Å². The fraction of sp³-hybridized carbons (Fsp3) is 0.486. The van der Waals surface area contributed by atoms with Crippen LogP contribution in [0, 0.1) is 6.57 Å². The van der Waals surface area contributed by atoms with Crippen molar-refractivity contribution in [3.63, 3.8) is 0 Å². The van der Waals surface area contributed by atoms with Gasteiger partial charge < -0.3 is 28.1 Å². The van der Waals surface area contributed by atoms with Crippen LogP contribution < -0.4 is 9.47 Å². The molecule has 0 aromatic heterocycles. The van der Waals surface area contributed by atoms with Gasteiger partial charge in [-0.25, -0.2) is 11.2 Å². The molecule has 0 saturated carbocycles. The van der Waals surface area contributed by atoms with E-state index >= 15 is 0 Å². The molecule has 3 rings (SSSR count). The van der Waals surface area contributed by atoms with Gasteiger partial charge in [0, 0.05) is 29.7 Å². The molecule has 0 N–H and O–H groups in total. The predicted molar refractivity (Wildman–Crippen MR) is 199 cm³/mol. The van der Waals surface area contributed by atoms with E-state index in [1.807, 2.05) is 51.9 Å². The molecular formula is C37H51N2O5PS2. The average molecular weight is 699 g/mol. The molecule has 0 aliphatic rings. The molecule has 0 saturated heterocycles. The summed E-state index contributed by atoms with van der Waals surface area (Å²) in [6.07, 6.45) is 1.83. The zero-order chi connectivity index (χ0) is 34.1. The second-order valence-electron chi connectivity index (χ2n) is 11.6. The second-order valence-corrected chi connectivity index (χ2v) is 16.0. The SMILES string of the molecule is [C-]#[N+]CCOP(OCCC(C)SSCCCOC(c1ccccc1)(c1ccc(OC)cc1)c1ccc(OC)cc1)N(C(C)C)C(C)C. The van der Waals surface area contributed by atoms with Gasteiger partial charge in [0.1, 0.15) is 23.7 Å². The Morgan fingerprint density at radius 2 is 1.28 bits per heavy atom. The lowest BCUT2D eigenvalue weighted by Gasteiger charge is -2.36. The number of rotatable bonds is 22. The molecule has 10 heteroatoms. The fourth-order valence-corrected chi connectivity index (χ4v) is 9.21. The van der Waals surface area contributed by atoms with Crippen LogP contribution >= 0.6 is 30.1 Å². The van der Waals surface area contributed by atoms with E-state index in [1.54, 1.807) is 14.2 Å². The van der Waals surface area contributed by atoms with Gasteiger partial charge in [-0.15, -0.1) is 0 Å². The smallest absolute Gasteiger partial charge is 0.259 e. The van der Waals surface area contributed by atoms with Crippen molar-refractivity contribution in [2.75, 3.05) is 46.3 Å². The van der Waals surface area contributed by atoms with Gasteiger partial charge in [0.15, 0.2) is 0 Å². The number of hydrogen-bond acceptors (Lipinski definition) is 8. The monoisotopic (exact) mass is 698 g/mol. The summed E-state index contributed by atoms with van der Waals surface area (Å²) >= 11 is 0. The van der Waals surface area contributed by atoms with Gasteiger partial charge in [0.25, 0.3) is 8.53 Å². The summed E-state index contributed by atoms with van der Waals surface area (Å²) in [4.78, 5) is 3.43. The molecule has 0 heterocycles. The van der Waals surface area contributed by atoms with E-state index < -0.39 is 14.1 Å². The van der Waals surface area contributed by atoms with Crippen LogP contribution in [0.25, 0.3) is 4.85 Å². The van der Waals surface area contributed by atoms with E-state index in [9.17, 15) is 0 Å². The highest BCUT2D eigenvalue weighted by Gasteiger charge is 2.37. The van der Waals surface area contributed by atoms with E-state index in [-0.39, 0.29) is 0 Å². The minimum atomic E-state index is -1.20. The summed E-state index contributed by atoms with van der Waals surface area (Å²) in [5, 5.41) is 0.426. The summed E-state index contributed by atoms with van der Waals surface area (Å²) in [7, 11) is 5.94. The van der Waals surface area contributed by atoms with Gasteiger partial charge in [-0.05, 0) is 81.5 Å². The van der Waals surface area contributed by atoms with Gasteiger partial charge >= 0.3 is 0 Å². The summed E-state index contributed by atoms with van der Waals surface area (Å²) < 4.78 is 32.5. The van der Waals surface area contributed by atoms with Gasteiger partial charge in [0.05, 0.1) is 20.8 Å². The molecule has 0 radical (unpaired) electrons. The highest BCUT2D eigenvalue weighted by Crippen LogP contribution is 2.46. The van der Waals surface area contributed by atoms with E-state index in [2.05, 4.69) is 92.7 Å². The Kier molecular flexibility index (Phi) is 17.5. The van der Waals surface area contributed by atoms with E-state index in [0.29, 0.717) is 43.7 Å². The number of methoxy groups -OCH3 is 2. The molecule has 0 bridgehead atoms. The summed E-state index contributed by atoms with van der Waals surface area (Å²) in [6.45, 7) is 19.9. The molecule has 0 spiro atoms. The fourth-order valence-electron chi connectivity index (χ4n) is 5.24. The first-order chi connectivity index (χ1) is 22.8. The molecule has 256 valence electrons. The molecule has 0 aliphatic heterocycles. The van der Waals surface area contributed by atoms with Crippen LogP contribution in [0.4, 0.5) is 0 Å². The predicted octanol–water partition coefficient (Wildman–Crippen LogP) is 9.86. The third-order valence-electron chi connectivity index (χ3n) is 7.47. The van der Waals surface area contributed by atoms with Crippen LogP contribution in [0.3, 0.4) is 0 Å². The minimum absolute atomic E-state index is 0.300. The van der Waals surface area contributed by atoms with Crippen molar-refractivity contribution in [1.29, 1.82) is 0 Å². The topological polar surface area (TPSA) is 53.8 Å². The zero-order valence-corrected chi connectivity index (χ0v) is 31.4. The van der Waals surface area contributed by atoms with Crippen molar-refractivity contribution in [2.24, 2.45) is 0 Å². The second kappa shape index (κ2) is 20.9. The molecule has 2 atom stereocenters. The minimum Gasteiger partial charge on any atom is -0.497 e.